The maximum Gasteiger partial charge on any atom is 0.248 e. The minimum absolute atomic E-state index is 0.151. The summed E-state index contributed by atoms with van der Waals surface area (Å²) in [6.45, 7) is 13.1. The smallest absolute Gasteiger partial charge is 0.248 e. The summed E-state index contributed by atoms with van der Waals surface area (Å²) in [5, 5.41) is 20.0. The summed E-state index contributed by atoms with van der Waals surface area (Å²) >= 11 is 5.93. The van der Waals surface area contributed by atoms with E-state index in [1.165, 1.54) is 20.8 Å². The molecular weight excluding hydrogens is 296 g/mol. The molecule has 0 saturated carbocycles. The highest BCUT2D eigenvalue weighted by atomic mass is 35.5. The van der Waals surface area contributed by atoms with Crippen LogP contribution in [0.4, 0.5) is 0 Å². The van der Waals surface area contributed by atoms with Gasteiger partial charge in [0.15, 0.2) is 0 Å². The second-order valence-electron chi connectivity index (χ2n) is 4.82. The van der Waals surface area contributed by atoms with Crippen LogP contribution in [0.3, 0.4) is 0 Å². The topological polar surface area (TPSA) is 113 Å². The Morgan fingerprint density at radius 3 is 1.81 bits per heavy atom. The van der Waals surface area contributed by atoms with E-state index in [0.29, 0.717) is 6.54 Å². The molecule has 3 unspecified atom stereocenters. The molecule has 122 valence electrons. The van der Waals surface area contributed by atoms with Crippen molar-refractivity contribution in [2.24, 2.45) is 5.73 Å². The Labute approximate surface area is 130 Å². The monoisotopic (exact) mass is 320 g/mol. The summed E-state index contributed by atoms with van der Waals surface area (Å²) in [5.41, 5.74) is 5.27. The average molecular weight is 321 g/mol. The predicted octanol–water partition coefficient (Wildman–Crippen LogP) is 0.466. The molecule has 6 nitrogen and oxygen atoms in total. The van der Waals surface area contributed by atoms with Gasteiger partial charge in [-0.1, -0.05) is 24.8 Å². The number of halogens is 1. The van der Waals surface area contributed by atoms with E-state index in [-0.39, 0.29) is 17.3 Å². The first-order valence-electron chi connectivity index (χ1n) is 6.33. The molecule has 21 heavy (non-hydrogen) atoms. The minimum Gasteiger partial charge on any atom is -0.392 e. The SMILES string of the molecule is C=C(C)C(=O)NC(Cl)(C(=O)C(=C)C)C(C)O.CC(O)CN. The van der Waals surface area contributed by atoms with Crippen LogP contribution in [0.25, 0.3) is 0 Å². The van der Waals surface area contributed by atoms with E-state index in [0.717, 1.165) is 0 Å². The lowest BCUT2D eigenvalue weighted by Crippen LogP contribution is -2.57. The molecule has 0 saturated heterocycles. The molecule has 3 atom stereocenters. The molecule has 0 aliphatic heterocycles. The van der Waals surface area contributed by atoms with E-state index in [4.69, 9.17) is 22.4 Å². The van der Waals surface area contributed by atoms with Crippen LogP contribution in [0.2, 0.25) is 0 Å². The van der Waals surface area contributed by atoms with Crippen LogP contribution in [-0.4, -0.2) is 45.7 Å². The van der Waals surface area contributed by atoms with Gasteiger partial charge in [0.1, 0.15) is 0 Å². The second-order valence-corrected chi connectivity index (χ2v) is 5.41. The molecule has 0 aliphatic rings. The van der Waals surface area contributed by atoms with Gasteiger partial charge in [0.25, 0.3) is 0 Å². The van der Waals surface area contributed by atoms with E-state index in [2.05, 4.69) is 18.5 Å². The molecule has 0 radical (unpaired) electrons. The fourth-order valence-electron chi connectivity index (χ4n) is 0.933. The number of nitrogens with one attached hydrogen (secondary N) is 1. The molecule has 1 amide bonds. The largest absolute Gasteiger partial charge is 0.392 e. The van der Waals surface area contributed by atoms with Crippen molar-refractivity contribution in [1.82, 2.24) is 5.32 Å². The van der Waals surface area contributed by atoms with Gasteiger partial charge in [0.05, 0.1) is 12.2 Å². The van der Waals surface area contributed by atoms with Crippen molar-refractivity contribution in [2.45, 2.75) is 44.9 Å². The maximum absolute atomic E-state index is 11.7. The number of ketones is 1. The molecule has 0 aromatic rings. The standard InChI is InChI=1S/C11H16ClNO3.C3H9NO/c1-6(2)9(15)11(12,8(5)14)13-10(16)7(3)4;1-3(5)2-4/h8,14H,1,3H2,2,4-5H3,(H,13,16);3,5H,2,4H2,1H3. The number of amides is 1. The lowest BCUT2D eigenvalue weighted by atomic mass is 10.0. The third-order valence-corrected chi connectivity index (χ3v) is 2.90. The Kier molecular flexibility index (Phi) is 10.2. The van der Waals surface area contributed by atoms with Crippen LogP contribution in [0.1, 0.15) is 27.7 Å². The van der Waals surface area contributed by atoms with Gasteiger partial charge in [-0.15, -0.1) is 0 Å². The number of alkyl halides is 1. The van der Waals surface area contributed by atoms with Gasteiger partial charge in [-0.05, 0) is 33.3 Å². The number of Topliss-reactive ketones (excluding diaryl/α,β-unsaturated/α-hetero) is 1. The van der Waals surface area contributed by atoms with Crippen LogP contribution in [-0.2, 0) is 9.59 Å². The number of aliphatic hydroxyl groups excluding tert-OH is 2. The lowest BCUT2D eigenvalue weighted by molar-refractivity contribution is -0.128. The molecule has 0 aromatic heterocycles. The van der Waals surface area contributed by atoms with Crippen molar-refractivity contribution in [3.05, 3.63) is 24.3 Å². The number of carbonyl (C=O) groups excluding carboxylic acids is 2. The van der Waals surface area contributed by atoms with Crippen molar-refractivity contribution in [2.75, 3.05) is 6.54 Å². The summed E-state index contributed by atoms with van der Waals surface area (Å²) in [6, 6.07) is 0. The molecule has 0 fully saturated rings. The minimum atomic E-state index is -1.89. The summed E-state index contributed by atoms with van der Waals surface area (Å²) in [7, 11) is 0. The van der Waals surface area contributed by atoms with Crippen molar-refractivity contribution in [3.63, 3.8) is 0 Å². The summed E-state index contributed by atoms with van der Waals surface area (Å²) in [5.74, 6) is -1.22. The Hall–Kier alpha value is -1.21. The molecule has 0 bridgehead atoms. The van der Waals surface area contributed by atoms with Crippen molar-refractivity contribution >= 4 is 23.3 Å². The number of hydrogen-bond acceptors (Lipinski definition) is 5. The second kappa shape index (κ2) is 9.68. The molecule has 0 heterocycles. The quantitative estimate of drug-likeness (QED) is 0.323. The number of aliphatic hydroxyl groups is 2. The maximum atomic E-state index is 11.7. The van der Waals surface area contributed by atoms with Crippen LogP contribution in [0.15, 0.2) is 24.3 Å². The number of rotatable bonds is 6. The zero-order valence-corrected chi connectivity index (χ0v) is 13.7. The molecule has 7 heteroatoms. The average Bonchev–Trinajstić information content (AvgIpc) is 2.37. The van der Waals surface area contributed by atoms with E-state index in [1.54, 1.807) is 6.92 Å². The molecule has 5 N–H and O–H groups in total. The van der Waals surface area contributed by atoms with Gasteiger partial charge < -0.3 is 21.3 Å². The lowest BCUT2D eigenvalue weighted by Gasteiger charge is -2.29. The van der Waals surface area contributed by atoms with E-state index in [1.807, 2.05) is 0 Å². The van der Waals surface area contributed by atoms with E-state index >= 15 is 0 Å². The van der Waals surface area contributed by atoms with E-state index < -0.39 is 22.8 Å². The third kappa shape index (κ3) is 7.96. The molecular formula is C14H25ClN2O4. The van der Waals surface area contributed by atoms with Crippen molar-refractivity contribution in [1.29, 1.82) is 0 Å². The first-order valence-corrected chi connectivity index (χ1v) is 6.71. The summed E-state index contributed by atoms with van der Waals surface area (Å²) in [4.78, 5) is 21.2. The highest BCUT2D eigenvalue weighted by Crippen LogP contribution is 2.22. The normalized spacial score (nSPS) is 15.6. The third-order valence-electron chi connectivity index (χ3n) is 2.32. The summed E-state index contributed by atoms with van der Waals surface area (Å²) in [6.07, 6.45) is -1.59. The first-order chi connectivity index (χ1) is 9.39. The molecule has 0 aliphatic carbocycles. The van der Waals surface area contributed by atoms with Gasteiger partial charge in [0.2, 0.25) is 16.7 Å². The van der Waals surface area contributed by atoms with Crippen molar-refractivity contribution in [3.8, 4) is 0 Å². The number of nitrogens with two attached hydrogens (primary N) is 1. The predicted molar refractivity (Wildman–Crippen MR) is 83.8 cm³/mol. The highest BCUT2D eigenvalue weighted by Gasteiger charge is 2.42. The highest BCUT2D eigenvalue weighted by molar-refractivity contribution is 6.39. The van der Waals surface area contributed by atoms with Crippen molar-refractivity contribution < 1.29 is 19.8 Å². The first kappa shape index (κ1) is 22.1. The van der Waals surface area contributed by atoms with Gasteiger partial charge in [-0.2, -0.15) is 0 Å². The van der Waals surface area contributed by atoms with Crippen LogP contribution in [0, 0.1) is 0 Å². The molecule has 0 spiro atoms. The van der Waals surface area contributed by atoms with Gasteiger partial charge in [-0.25, -0.2) is 0 Å². The number of carbonyl (C=O) groups is 2. The van der Waals surface area contributed by atoms with Gasteiger partial charge in [0, 0.05) is 12.1 Å². The van der Waals surface area contributed by atoms with Crippen LogP contribution in [0.5, 0.6) is 0 Å². The molecule has 0 aromatic carbocycles. The van der Waals surface area contributed by atoms with E-state index in [9.17, 15) is 14.7 Å². The fraction of sp³-hybridized carbons (Fsp3) is 0.571. The van der Waals surface area contributed by atoms with Crippen LogP contribution < -0.4 is 11.1 Å². The Bertz CT molecular complexity index is 408. The Morgan fingerprint density at radius 1 is 1.24 bits per heavy atom. The Balaban J connectivity index is 0. The molecule has 0 rings (SSSR count). The van der Waals surface area contributed by atoms with Gasteiger partial charge in [-0.3, -0.25) is 9.59 Å². The fourth-order valence-corrected chi connectivity index (χ4v) is 1.18. The Morgan fingerprint density at radius 2 is 1.62 bits per heavy atom. The zero-order chi connectivity index (χ0) is 17.4. The van der Waals surface area contributed by atoms with Crippen LogP contribution >= 0.6 is 11.6 Å². The van der Waals surface area contributed by atoms with Gasteiger partial charge >= 0.3 is 0 Å². The zero-order valence-electron chi connectivity index (χ0n) is 12.9. The summed E-state index contributed by atoms with van der Waals surface area (Å²) < 4.78 is 0. The number of hydrogen-bond donors (Lipinski definition) is 4.